The van der Waals surface area contributed by atoms with Gasteiger partial charge in [0.2, 0.25) is 0 Å². The number of aryl methyl sites for hydroxylation is 1. The summed E-state index contributed by atoms with van der Waals surface area (Å²) in [7, 11) is 0. The van der Waals surface area contributed by atoms with E-state index in [0.29, 0.717) is 11.7 Å². The number of carbonyl (C=O) groups excluding carboxylic acids is 1. The van der Waals surface area contributed by atoms with Gasteiger partial charge in [0.25, 0.3) is 11.6 Å². The summed E-state index contributed by atoms with van der Waals surface area (Å²) >= 11 is 1.53. The van der Waals surface area contributed by atoms with Crippen molar-refractivity contribution < 1.29 is 14.5 Å². The molecule has 4 rings (SSSR count). The van der Waals surface area contributed by atoms with Crippen molar-refractivity contribution in [3.8, 4) is 0 Å². The zero-order valence-electron chi connectivity index (χ0n) is 19.2. The van der Waals surface area contributed by atoms with Crippen LogP contribution in [0.4, 0.5) is 10.8 Å². The van der Waals surface area contributed by atoms with Crippen LogP contribution in [-0.4, -0.2) is 60.1 Å². The average Bonchev–Trinajstić information content (AvgIpc) is 3.29. The van der Waals surface area contributed by atoms with Crippen LogP contribution in [0.3, 0.4) is 0 Å². The van der Waals surface area contributed by atoms with Crippen molar-refractivity contribution in [3.05, 3.63) is 69.8 Å². The Labute approximate surface area is 202 Å². The van der Waals surface area contributed by atoms with E-state index in [2.05, 4.69) is 24.0 Å². The number of hydrogen-bond acceptors (Lipinski definition) is 7. The van der Waals surface area contributed by atoms with Crippen molar-refractivity contribution in [2.75, 3.05) is 44.3 Å². The molecular formula is C25H28N4O4S. The first kappa shape index (κ1) is 24.0. The molecule has 0 radical (unpaired) electrons. The lowest BCUT2D eigenvalue weighted by atomic mass is 10.2. The van der Waals surface area contributed by atoms with Crippen molar-refractivity contribution in [2.45, 2.75) is 19.8 Å². The number of ether oxygens (including phenoxy) is 1. The number of nitro benzene ring substituents is 1. The topological polar surface area (TPSA) is 88.8 Å². The fraction of sp³-hybridized carbons (Fsp3) is 0.360. The summed E-state index contributed by atoms with van der Waals surface area (Å²) in [6.07, 6.45) is 4.97. The minimum atomic E-state index is -0.439. The van der Waals surface area contributed by atoms with Gasteiger partial charge in [-0.2, -0.15) is 0 Å². The van der Waals surface area contributed by atoms with Crippen LogP contribution >= 0.6 is 11.3 Å². The largest absolute Gasteiger partial charge is 0.379 e. The number of morpholine rings is 1. The number of nitrogens with zero attached hydrogens (tertiary/aromatic N) is 4. The van der Waals surface area contributed by atoms with Gasteiger partial charge in [-0.25, -0.2) is 4.98 Å². The lowest BCUT2D eigenvalue weighted by molar-refractivity contribution is -0.384. The van der Waals surface area contributed by atoms with Crippen molar-refractivity contribution in [1.82, 2.24) is 9.88 Å². The molecule has 8 nitrogen and oxygen atoms in total. The highest BCUT2D eigenvalue weighted by Gasteiger charge is 2.19. The average molecular weight is 481 g/mol. The van der Waals surface area contributed by atoms with Gasteiger partial charge in [-0.3, -0.25) is 24.7 Å². The molecule has 2 aromatic carbocycles. The molecule has 9 heteroatoms. The molecule has 1 aromatic heterocycles. The second kappa shape index (κ2) is 11.3. The molecule has 0 N–H and O–H groups in total. The number of amides is 1. The molecular weight excluding hydrogens is 452 g/mol. The smallest absolute Gasteiger partial charge is 0.269 e. The summed E-state index contributed by atoms with van der Waals surface area (Å²) in [5.41, 5.74) is 2.88. The lowest BCUT2D eigenvalue weighted by Gasteiger charge is -2.27. The summed E-state index contributed by atoms with van der Waals surface area (Å²) in [5, 5.41) is 11.5. The first-order chi connectivity index (χ1) is 16.5. The lowest BCUT2D eigenvalue weighted by Crippen LogP contribution is -2.39. The molecule has 0 bridgehead atoms. The summed E-state index contributed by atoms with van der Waals surface area (Å²) < 4.78 is 6.49. The van der Waals surface area contributed by atoms with Crippen molar-refractivity contribution in [3.63, 3.8) is 0 Å². The summed E-state index contributed by atoms with van der Waals surface area (Å²) in [6, 6.07) is 12.4. The molecule has 1 amide bonds. The number of hydrogen-bond donors (Lipinski definition) is 0. The molecule has 0 aliphatic carbocycles. The van der Waals surface area contributed by atoms with Crippen molar-refractivity contribution in [2.24, 2.45) is 0 Å². The molecule has 1 aliphatic heterocycles. The molecule has 1 saturated heterocycles. The molecule has 2 heterocycles. The monoisotopic (exact) mass is 480 g/mol. The minimum absolute atomic E-state index is 0.0224. The maximum atomic E-state index is 13.2. The van der Waals surface area contributed by atoms with Gasteiger partial charge < -0.3 is 4.74 Å². The SMILES string of the molecule is CCc1ccc2nc(N(CCCN3CCOCC3)C(=O)/C=C/c3ccc([N+](=O)[O-])cc3)sc2c1. The zero-order chi connectivity index (χ0) is 23.9. The molecule has 3 aromatic rings. The Morgan fingerprint density at radius 1 is 1.24 bits per heavy atom. The Kier molecular flexibility index (Phi) is 7.99. The van der Waals surface area contributed by atoms with Gasteiger partial charge in [-0.1, -0.05) is 24.3 Å². The number of non-ortho nitro benzene ring substituents is 1. The van der Waals surface area contributed by atoms with Gasteiger partial charge in [-0.15, -0.1) is 0 Å². The zero-order valence-corrected chi connectivity index (χ0v) is 20.0. The van der Waals surface area contributed by atoms with E-state index >= 15 is 0 Å². The van der Waals surface area contributed by atoms with Crippen LogP contribution < -0.4 is 4.90 Å². The summed E-state index contributed by atoms with van der Waals surface area (Å²) in [5.74, 6) is -0.157. The van der Waals surface area contributed by atoms with E-state index in [1.54, 1.807) is 23.1 Å². The van der Waals surface area contributed by atoms with Crippen LogP contribution in [0, 0.1) is 10.1 Å². The second-order valence-electron chi connectivity index (χ2n) is 8.13. The number of nitro groups is 1. The van der Waals surface area contributed by atoms with E-state index in [-0.39, 0.29) is 11.6 Å². The number of thiazole rings is 1. The highest BCUT2D eigenvalue weighted by molar-refractivity contribution is 7.22. The molecule has 34 heavy (non-hydrogen) atoms. The van der Waals surface area contributed by atoms with Crippen LogP contribution in [0.15, 0.2) is 48.5 Å². The fourth-order valence-corrected chi connectivity index (χ4v) is 4.89. The predicted octanol–water partition coefficient (Wildman–Crippen LogP) is 4.54. The van der Waals surface area contributed by atoms with Crippen LogP contribution in [0.1, 0.15) is 24.5 Å². The Bertz CT molecular complexity index is 1170. The normalized spacial score (nSPS) is 14.6. The molecule has 178 valence electrons. The van der Waals surface area contributed by atoms with E-state index in [4.69, 9.17) is 9.72 Å². The number of fused-ring (bicyclic) bond motifs is 1. The van der Waals surface area contributed by atoms with Gasteiger partial charge in [-0.05, 0) is 54.3 Å². The third-order valence-electron chi connectivity index (χ3n) is 5.83. The quantitative estimate of drug-likeness (QED) is 0.254. The van der Waals surface area contributed by atoms with E-state index in [1.807, 2.05) is 6.07 Å². The Morgan fingerprint density at radius 2 is 2.00 bits per heavy atom. The van der Waals surface area contributed by atoms with Crippen molar-refractivity contribution >= 4 is 44.4 Å². The highest BCUT2D eigenvalue weighted by atomic mass is 32.1. The van der Waals surface area contributed by atoms with Crippen LogP contribution in [-0.2, 0) is 16.0 Å². The third kappa shape index (κ3) is 6.05. The molecule has 1 aliphatic rings. The predicted molar refractivity (Wildman–Crippen MR) is 135 cm³/mol. The number of rotatable bonds is 9. The van der Waals surface area contributed by atoms with E-state index < -0.39 is 4.92 Å². The Balaban J connectivity index is 1.52. The second-order valence-corrected chi connectivity index (χ2v) is 9.14. The first-order valence-electron chi connectivity index (χ1n) is 11.5. The molecule has 0 spiro atoms. The van der Waals surface area contributed by atoms with Gasteiger partial charge in [0.1, 0.15) is 0 Å². The van der Waals surface area contributed by atoms with Crippen LogP contribution in [0.5, 0.6) is 0 Å². The van der Waals surface area contributed by atoms with E-state index in [9.17, 15) is 14.9 Å². The Hall–Kier alpha value is -3.14. The fourth-order valence-electron chi connectivity index (χ4n) is 3.83. The number of anilines is 1. The summed E-state index contributed by atoms with van der Waals surface area (Å²) in [4.78, 5) is 32.5. The molecule has 0 unspecified atom stereocenters. The maximum Gasteiger partial charge on any atom is 0.269 e. The van der Waals surface area contributed by atoms with Gasteiger partial charge in [0, 0.05) is 44.4 Å². The number of benzene rings is 2. The molecule has 1 fully saturated rings. The minimum Gasteiger partial charge on any atom is -0.379 e. The van der Waals surface area contributed by atoms with Gasteiger partial charge in [0.05, 0.1) is 28.4 Å². The van der Waals surface area contributed by atoms with Gasteiger partial charge in [0.15, 0.2) is 5.13 Å². The number of aromatic nitrogens is 1. The highest BCUT2D eigenvalue weighted by Crippen LogP contribution is 2.30. The van der Waals surface area contributed by atoms with Crippen LogP contribution in [0.2, 0.25) is 0 Å². The standard InChI is InChI=1S/C25H28N4O4S/c1-2-19-6-10-22-23(18-19)34-25(26-22)28(13-3-12-27-14-16-33-17-15-27)24(30)11-7-20-4-8-21(9-5-20)29(31)32/h4-11,18H,2-3,12-17H2,1H3/b11-7+. The molecule has 0 saturated carbocycles. The van der Waals surface area contributed by atoms with E-state index in [0.717, 1.165) is 61.5 Å². The third-order valence-corrected chi connectivity index (χ3v) is 6.87. The Morgan fingerprint density at radius 3 is 2.71 bits per heavy atom. The number of carbonyl (C=O) groups is 1. The van der Waals surface area contributed by atoms with Gasteiger partial charge >= 0.3 is 0 Å². The maximum absolute atomic E-state index is 13.2. The summed E-state index contributed by atoms with van der Waals surface area (Å²) in [6.45, 7) is 6.89. The first-order valence-corrected chi connectivity index (χ1v) is 12.3. The van der Waals surface area contributed by atoms with Crippen LogP contribution in [0.25, 0.3) is 16.3 Å². The van der Waals surface area contributed by atoms with Crippen molar-refractivity contribution in [1.29, 1.82) is 0 Å². The van der Waals surface area contributed by atoms with E-state index in [1.165, 1.54) is 35.1 Å². The molecule has 0 atom stereocenters.